The Morgan fingerprint density at radius 1 is 0.824 bits per heavy atom. The number of fused-ring (bicyclic) bond motifs is 2. The molecule has 2 nitrogen and oxygen atoms in total. The smallest absolute Gasteiger partial charge is 0.0492 e. The molecule has 2 N–H and O–H groups in total. The Morgan fingerprint density at radius 2 is 1.47 bits per heavy atom. The molecule has 0 heterocycles. The zero-order chi connectivity index (χ0) is 11.7. The molecule has 1 aliphatic rings. The molecule has 0 fully saturated rings. The van der Waals surface area contributed by atoms with Gasteiger partial charge in [0, 0.05) is 17.3 Å². The number of hydrogen-bond donors (Lipinski definition) is 2. The molecule has 0 bridgehead atoms. The van der Waals surface area contributed by atoms with Gasteiger partial charge in [-0.15, -0.1) is 0 Å². The second-order valence-electron chi connectivity index (χ2n) is 4.13. The Bertz CT molecular complexity index is 762. The molecule has 2 aromatic carbocycles. The first kappa shape index (κ1) is 10.1. The average Bonchev–Trinajstić information content (AvgIpc) is 2.56. The molecule has 0 aromatic heterocycles. The van der Waals surface area contributed by atoms with Gasteiger partial charge in [0.25, 0.3) is 0 Å². The van der Waals surface area contributed by atoms with Crippen LogP contribution in [0.2, 0.25) is 0 Å². The van der Waals surface area contributed by atoms with Crippen LogP contribution >= 0.6 is 0 Å². The van der Waals surface area contributed by atoms with Crippen molar-refractivity contribution >= 4 is 11.8 Å². The lowest BCUT2D eigenvalue weighted by Crippen LogP contribution is -2.17. The summed E-state index contributed by atoms with van der Waals surface area (Å²) >= 11 is 0. The van der Waals surface area contributed by atoms with Crippen molar-refractivity contribution in [2.45, 2.75) is 6.42 Å². The molecule has 1 aliphatic carbocycles. The van der Waals surface area contributed by atoms with E-state index in [1.165, 1.54) is 10.4 Å². The van der Waals surface area contributed by atoms with Gasteiger partial charge in [-0.2, -0.15) is 0 Å². The molecular weight excluding hydrogens is 210 g/mol. The van der Waals surface area contributed by atoms with E-state index in [1.807, 2.05) is 30.3 Å². The molecule has 2 heteroatoms. The fraction of sp³-hybridized carbons (Fsp3) is 0.0667. The van der Waals surface area contributed by atoms with Gasteiger partial charge in [0.1, 0.15) is 0 Å². The SMILES string of the molecule is ONC1=c2ccccc2=c2ccccc2=CC1. The summed E-state index contributed by atoms with van der Waals surface area (Å²) < 4.78 is 0. The lowest BCUT2D eigenvalue weighted by atomic mass is 10.1. The fourth-order valence-corrected chi connectivity index (χ4v) is 2.33. The number of nitrogens with one attached hydrogen (secondary N) is 1. The summed E-state index contributed by atoms with van der Waals surface area (Å²) in [7, 11) is 0. The highest BCUT2D eigenvalue weighted by molar-refractivity contribution is 5.52. The standard InChI is InChI=1S/C15H13NO/c17-16-15-10-9-11-5-1-2-6-12(11)13-7-3-4-8-14(13)15/h1-9,16-17H,10H2. The van der Waals surface area contributed by atoms with E-state index < -0.39 is 0 Å². The van der Waals surface area contributed by atoms with Crippen molar-refractivity contribution < 1.29 is 5.21 Å². The fourth-order valence-electron chi connectivity index (χ4n) is 2.33. The maximum absolute atomic E-state index is 9.23. The van der Waals surface area contributed by atoms with Gasteiger partial charge in [0.05, 0.1) is 0 Å². The summed E-state index contributed by atoms with van der Waals surface area (Å²) in [6.45, 7) is 0. The Kier molecular flexibility index (Phi) is 2.42. The number of hydroxylamine groups is 1. The highest BCUT2D eigenvalue weighted by Gasteiger charge is 2.01. The lowest BCUT2D eigenvalue weighted by Gasteiger charge is -2.01. The van der Waals surface area contributed by atoms with E-state index in [4.69, 9.17) is 0 Å². The van der Waals surface area contributed by atoms with E-state index in [0.29, 0.717) is 6.42 Å². The topological polar surface area (TPSA) is 32.3 Å². The molecule has 84 valence electrons. The van der Waals surface area contributed by atoms with E-state index in [9.17, 15) is 5.21 Å². The van der Waals surface area contributed by atoms with Crippen LogP contribution in [0.5, 0.6) is 0 Å². The van der Waals surface area contributed by atoms with E-state index in [-0.39, 0.29) is 0 Å². The quantitative estimate of drug-likeness (QED) is 0.713. The molecule has 0 spiro atoms. The maximum atomic E-state index is 9.23. The second kappa shape index (κ2) is 4.07. The Labute approximate surface area is 98.8 Å². The van der Waals surface area contributed by atoms with Gasteiger partial charge in [-0.25, -0.2) is 0 Å². The van der Waals surface area contributed by atoms with Crippen LogP contribution in [0, 0.1) is 10.4 Å². The summed E-state index contributed by atoms with van der Waals surface area (Å²) in [4.78, 5) is 0. The zero-order valence-electron chi connectivity index (χ0n) is 9.35. The first-order valence-electron chi connectivity index (χ1n) is 5.68. The third-order valence-corrected chi connectivity index (χ3v) is 3.16. The Hall–Kier alpha value is -2.06. The molecule has 17 heavy (non-hydrogen) atoms. The number of benzene rings is 2. The van der Waals surface area contributed by atoms with Gasteiger partial charge in [-0.05, 0) is 15.7 Å². The van der Waals surface area contributed by atoms with Crippen LogP contribution < -0.4 is 15.9 Å². The van der Waals surface area contributed by atoms with Gasteiger partial charge in [-0.1, -0.05) is 54.6 Å². The molecule has 0 saturated carbocycles. The molecular formula is C15H13NO. The van der Waals surface area contributed by atoms with Crippen LogP contribution in [0.25, 0.3) is 11.8 Å². The zero-order valence-corrected chi connectivity index (χ0v) is 9.35. The summed E-state index contributed by atoms with van der Waals surface area (Å²) in [6, 6.07) is 16.4. The number of hydrogen-bond acceptors (Lipinski definition) is 2. The van der Waals surface area contributed by atoms with Crippen molar-refractivity contribution in [2.24, 2.45) is 0 Å². The van der Waals surface area contributed by atoms with Crippen LogP contribution in [-0.4, -0.2) is 5.21 Å². The molecule has 0 amide bonds. The molecule has 0 radical (unpaired) electrons. The summed E-state index contributed by atoms with van der Waals surface area (Å²) in [6.07, 6.45) is 2.85. The van der Waals surface area contributed by atoms with Crippen molar-refractivity contribution in [2.75, 3.05) is 0 Å². The van der Waals surface area contributed by atoms with Gasteiger partial charge in [0.2, 0.25) is 0 Å². The van der Waals surface area contributed by atoms with E-state index in [1.54, 1.807) is 0 Å². The van der Waals surface area contributed by atoms with Crippen LogP contribution in [0.15, 0.2) is 48.5 Å². The van der Waals surface area contributed by atoms with Crippen molar-refractivity contribution in [3.8, 4) is 0 Å². The first-order chi connectivity index (χ1) is 8.40. The van der Waals surface area contributed by atoms with Crippen molar-refractivity contribution in [3.63, 3.8) is 0 Å². The predicted octanol–water partition coefficient (Wildman–Crippen LogP) is 1.24. The summed E-state index contributed by atoms with van der Waals surface area (Å²) in [5, 5.41) is 13.9. The normalized spacial score (nSPS) is 13.1. The molecule has 0 unspecified atom stereocenters. The van der Waals surface area contributed by atoms with Gasteiger partial charge < -0.3 is 0 Å². The van der Waals surface area contributed by atoms with Gasteiger partial charge in [-0.3, -0.25) is 10.7 Å². The van der Waals surface area contributed by atoms with Crippen molar-refractivity contribution in [1.29, 1.82) is 0 Å². The molecule has 0 atom stereocenters. The second-order valence-corrected chi connectivity index (χ2v) is 4.13. The minimum absolute atomic E-state index is 0.713. The van der Waals surface area contributed by atoms with Crippen LogP contribution in [0.4, 0.5) is 0 Å². The Balaban J connectivity index is 2.67. The number of rotatable bonds is 1. The van der Waals surface area contributed by atoms with Gasteiger partial charge in [0.15, 0.2) is 0 Å². The highest BCUT2D eigenvalue weighted by atomic mass is 16.5. The molecule has 3 rings (SSSR count). The minimum Gasteiger partial charge on any atom is -0.291 e. The maximum Gasteiger partial charge on any atom is 0.0492 e. The predicted molar refractivity (Wildman–Crippen MR) is 67.2 cm³/mol. The monoisotopic (exact) mass is 223 g/mol. The molecule has 0 saturated heterocycles. The van der Waals surface area contributed by atoms with Crippen LogP contribution in [0.3, 0.4) is 0 Å². The van der Waals surface area contributed by atoms with Crippen molar-refractivity contribution in [3.05, 3.63) is 69.4 Å². The van der Waals surface area contributed by atoms with Crippen molar-refractivity contribution in [1.82, 2.24) is 5.48 Å². The third kappa shape index (κ3) is 1.63. The van der Waals surface area contributed by atoms with Gasteiger partial charge >= 0.3 is 0 Å². The summed E-state index contributed by atoms with van der Waals surface area (Å²) in [5.74, 6) is 0. The van der Waals surface area contributed by atoms with E-state index in [2.05, 4.69) is 29.8 Å². The molecule has 0 aliphatic heterocycles. The Morgan fingerprint density at radius 3 is 2.24 bits per heavy atom. The minimum atomic E-state index is 0.713. The lowest BCUT2D eigenvalue weighted by molar-refractivity contribution is 0.221. The van der Waals surface area contributed by atoms with E-state index in [0.717, 1.165) is 16.1 Å². The van der Waals surface area contributed by atoms with Crippen LogP contribution in [-0.2, 0) is 0 Å². The third-order valence-electron chi connectivity index (χ3n) is 3.16. The van der Waals surface area contributed by atoms with E-state index >= 15 is 0 Å². The largest absolute Gasteiger partial charge is 0.291 e. The van der Waals surface area contributed by atoms with Crippen LogP contribution in [0.1, 0.15) is 6.42 Å². The highest BCUT2D eigenvalue weighted by Crippen LogP contribution is 2.01. The first-order valence-corrected chi connectivity index (χ1v) is 5.68. The summed E-state index contributed by atoms with van der Waals surface area (Å²) in [5.41, 5.74) is 3.16. The average molecular weight is 223 g/mol. The molecule has 2 aromatic rings.